The zero-order valence-electron chi connectivity index (χ0n) is 17.1. The van der Waals surface area contributed by atoms with Crippen LogP contribution in [0, 0.1) is 6.57 Å². The van der Waals surface area contributed by atoms with E-state index >= 15 is 0 Å². The molecule has 0 radical (unpaired) electrons. The Bertz CT molecular complexity index is 1300. The molecule has 1 aromatic heterocycles. The molecule has 1 atom stereocenters. The van der Waals surface area contributed by atoms with E-state index in [1.165, 1.54) is 21.7 Å². The standard InChI is InChI=1S/C22H17Cl2FN6O2/c1-27-17-6-5-14(8-16(17)24)28-22(33)30-10-15(9-25)31-18(11-30)19(21(26)32)20(29-31)12-3-2-4-13(23)7-12/h2-8,15H,9-11H2,(H2,26,32)(H,28,33)/t15-/m0/s1. The lowest BCUT2D eigenvalue weighted by Gasteiger charge is -2.33. The van der Waals surface area contributed by atoms with Crippen molar-refractivity contribution in [2.75, 3.05) is 18.5 Å². The quantitative estimate of drug-likeness (QED) is 0.503. The van der Waals surface area contributed by atoms with Crippen LogP contribution in [0.2, 0.25) is 10.0 Å². The fourth-order valence-electron chi connectivity index (χ4n) is 3.74. The second-order valence-electron chi connectivity index (χ2n) is 7.39. The monoisotopic (exact) mass is 486 g/mol. The van der Waals surface area contributed by atoms with Crippen molar-refractivity contribution >= 4 is 46.5 Å². The molecule has 0 aliphatic carbocycles. The van der Waals surface area contributed by atoms with Crippen molar-refractivity contribution in [3.05, 3.63) is 75.2 Å². The van der Waals surface area contributed by atoms with Crippen LogP contribution in [0.5, 0.6) is 0 Å². The number of halogens is 3. The van der Waals surface area contributed by atoms with Gasteiger partial charge in [0, 0.05) is 27.8 Å². The summed E-state index contributed by atoms with van der Waals surface area (Å²) in [5.74, 6) is -0.743. The van der Waals surface area contributed by atoms with Gasteiger partial charge in [0.25, 0.3) is 5.91 Å². The summed E-state index contributed by atoms with van der Waals surface area (Å²) in [6.07, 6.45) is 0. The van der Waals surface area contributed by atoms with Gasteiger partial charge in [-0.2, -0.15) is 5.10 Å². The molecule has 1 aliphatic rings. The molecule has 0 saturated heterocycles. The average molecular weight is 487 g/mol. The first-order valence-corrected chi connectivity index (χ1v) is 10.5. The van der Waals surface area contributed by atoms with E-state index in [0.29, 0.717) is 22.0 Å². The highest BCUT2D eigenvalue weighted by atomic mass is 35.5. The number of benzene rings is 2. The predicted molar refractivity (Wildman–Crippen MR) is 123 cm³/mol. The second kappa shape index (κ2) is 9.10. The largest absolute Gasteiger partial charge is 0.365 e. The summed E-state index contributed by atoms with van der Waals surface area (Å²) in [6.45, 7) is 6.26. The van der Waals surface area contributed by atoms with Gasteiger partial charge in [0.05, 0.1) is 30.4 Å². The number of nitrogens with two attached hydrogens (primary N) is 1. The molecular formula is C22H17Cl2FN6O2. The van der Waals surface area contributed by atoms with Crippen molar-refractivity contribution in [2.45, 2.75) is 12.6 Å². The second-order valence-corrected chi connectivity index (χ2v) is 8.23. The highest BCUT2D eigenvalue weighted by Gasteiger charge is 2.34. The number of nitrogens with one attached hydrogen (secondary N) is 1. The summed E-state index contributed by atoms with van der Waals surface area (Å²) >= 11 is 12.1. The highest BCUT2D eigenvalue weighted by Crippen LogP contribution is 2.33. The Labute approximate surface area is 198 Å². The number of primary amides is 1. The van der Waals surface area contributed by atoms with Gasteiger partial charge >= 0.3 is 6.03 Å². The summed E-state index contributed by atoms with van der Waals surface area (Å²) in [4.78, 5) is 29.9. The molecule has 1 aliphatic heterocycles. The molecule has 3 aromatic rings. The Morgan fingerprint density at radius 1 is 1.27 bits per heavy atom. The van der Waals surface area contributed by atoms with Gasteiger partial charge in [0.2, 0.25) is 5.69 Å². The maximum Gasteiger partial charge on any atom is 0.322 e. The molecule has 2 heterocycles. The Hall–Kier alpha value is -3.61. The van der Waals surface area contributed by atoms with Crippen LogP contribution in [0.4, 0.5) is 20.6 Å². The lowest BCUT2D eigenvalue weighted by molar-refractivity contribution is 0.0995. The van der Waals surface area contributed by atoms with Crippen molar-refractivity contribution < 1.29 is 14.0 Å². The van der Waals surface area contributed by atoms with Gasteiger partial charge in [-0.1, -0.05) is 41.4 Å². The molecule has 0 spiro atoms. The van der Waals surface area contributed by atoms with Gasteiger partial charge in [-0.25, -0.2) is 14.0 Å². The number of fused-ring (bicyclic) bond motifs is 1. The van der Waals surface area contributed by atoms with E-state index in [2.05, 4.69) is 15.3 Å². The first kappa shape index (κ1) is 22.6. The van der Waals surface area contributed by atoms with E-state index in [9.17, 15) is 14.0 Å². The Kier molecular flexibility index (Phi) is 6.22. The Balaban J connectivity index is 1.68. The molecule has 11 heteroatoms. The van der Waals surface area contributed by atoms with Crippen LogP contribution in [0.25, 0.3) is 16.1 Å². The smallest absolute Gasteiger partial charge is 0.322 e. The number of anilines is 1. The number of carbonyl (C=O) groups is 2. The summed E-state index contributed by atoms with van der Waals surface area (Å²) in [5.41, 5.74) is 7.57. The van der Waals surface area contributed by atoms with Crippen molar-refractivity contribution in [1.82, 2.24) is 14.7 Å². The van der Waals surface area contributed by atoms with Gasteiger partial charge < -0.3 is 16.0 Å². The number of hydrogen-bond donors (Lipinski definition) is 2. The third-order valence-electron chi connectivity index (χ3n) is 5.26. The summed E-state index contributed by atoms with van der Waals surface area (Å²) in [6, 6.07) is 9.90. The lowest BCUT2D eigenvalue weighted by atomic mass is 10.0. The molecule has 3 amide bonds. The molecule has 0 bridgehead atoms. The zero-order valence-corrected chi connectivity index (χ0v) is 18.6. The molecule has 0 fully saturated rings. The van der Waals surface area contributed by atoms with E-state index in [1.807, 2.05) is 0 Å². The Morgan fingerprint density at radius 3 is 2.70 bits per heavy atom. The highest BCUT2D eigenvalue weighted by molar-refractivity contribution is 6.33. The van der Waals surface area contributed by atoms with Crippen LogP contribution in [-0.4, -0.2) is 39.8 Å². The van der Waals surface area contributed by atoms with Gasteiger partial charge in [-0.05, 0) is 24.3 Å². The van der Waals surface area contributed by atoms with Gasteiger partial charge in [0.15, 0.2) is 0 Å². The fourth-order valence-corrected chi connectivity index (χ4v) is 4.16. The average Bonchev–Trinajstić information content (AvgIpc) is 3.18. The number of rotatable bonds is 4. The first-order valence-electron chi connectivity index (χ1n) is 9.78. The first-order chi connectivity index (χ1) is 15.8. The van der Waals surface area contributed by atoms with E-state index in [0.717, 1.165) is 0 Å². The maximum atomic E-state index is 14.0. The third-order valence-corrected chi connectivity index (χ3v) is 5.79. The molecule has 8 nitrogen and oxygen atoms in total. The molecule has 0 unspecified atom stereocenters. The van der Waals surface area contributed by atoms with E-state index in [1.54, 1.807) is 30.3 Å². The van der Waals surface area contributed by atoms with E-state index < -0.39 is 24.7 Å². The van der Waals surface area contributed by atoms with Crippen molar-refractivity contribution in [1.29, 1.82) is 0 Å². The van der Waals surface area contributed by atoms with Crippen LogP contribution < -0.4 is 11.1 Å². The topological polar surface area (TPSA) is 97.6 Å². The minimum absolute atomic E-state index is 0.0119. The molecule has 3 N–H and O–H groups in total. The minimum atomic E-state index is -0.808. The number of amides is 3. The van der Waals surface area contributed by atoms with Crippen LogP contribution in [0.15, 0.2) is 42.5 Å². The van der Waals surface area contributed by atoms with Crippen LogP contribution in [0.1, 0.15) is 22.1 Å². The number of hydrogen-bond acceptors (Lipinski definition) is 3. The number of nitrogens with zero attached hydrogens (tertiary/aromatic N) is 4. The zero-order chi connectivity index (χ0) is 23.7. The van der Waals surface area contributed by atoms with Crippen LogP contribution >= 0.6 is 23.2 Å². The van der Waals surface area contributed by atoms with Crippen molar-refractivity contribution in [2.24, 2.45) is 5.73 Å². The molecule has 2 aromatic carbocycles. The number of carbonyl (C=O) groups excluding carboxylic acids is 2. The number of alkyl halides is 1. The van der Waals surface area contributed by atoms with Crippen LogP contribution in [-0.2, 0) is 6.54 Å². The van der Waals surface area contributed by atoms with E-state index in [4.69, 9.17) is 35.5 Å². The summed E-state index contributed by atoms with van der Waals surface area (Å²) in [5, 5.41) is 7.79. The van der Waals surface area contributed by atoms with Gasteiger partial charge in [-0.15, -0.1) is 0 Å². The number of aromatic nitrogens is 2. The maximum absolute atomic E-state index is 14.0. The van der Waals surface area contributed by atoms with Gasteiger partial charge in [0.1, 0.15) is 12.4 Å². The van der Waals surface area contributed by atoms with Gasteiger partial charge in [-0.3, -0.25) is 9.48 Å². The lowest BCUT2D eigenvalue weighted by Crippen LogP contribution is -2.44. The third kappa shape index (κ3) is 4.35. The molecular weight excluding hydrogens is 470 g/mol. The fraction of sp³-hybridized carbons (Fsp3) is 0.182. The summed E-state index contributed by atoms with van der Waals surface area (Å²) < 4.78 is 15.4. The molecule has 0 saturated carbocycles. The molecule has 168 valence electrons. The number of urea groups is 1. The minimum Gasteiger partial charge on any atom is -0.365 e. The normalized spacial score (nSPS) is 15.0. The summed E-state index contributed by atoms with van der Waals surface area (Å²) in [7, 11) is 0. The van der Waals surface area contributed by atoms with E-state index in [-0.39, 0.29) is 35.1 Å². The van der Waals surface area contributed by atoms with Crippen molar-refractivity contribution in [3.63, 3.8) is 0 Å². The molecule has 33 heavy (non-hydrogen) atoms. The molecule has 4 rings (SSSR count). The SMILES string of the molecule is [C-]#[N+]c1ccc(NC(=O)N2Cc3c(C(N)=O)c(-c4cccc(Cl)c4)nn3[C@@H](CF)C2)cc1Cl. The Morgan fingerprint density at radius 2 is 2.06 bits per heavy atom. The van der Waals surface area contributed by atoms with Crippen molar-refractivity contribution in [3.8, 4) is 11.3 Å². The predicted octanol–water partition coefficient (Wildman–Crippen LogP) is 5.06. The van der Waals surface area contributed by atoms with Crippen LogP contribution in [0.3, 0.4) is 0 Å².